The zero-order chi connectivity index (χ0) is 23.4. The van der Waals surface area contributed by atoms with E-state index in [9.17, 15) is 0 Å². The summed E-state index contributed by atoms with van der Waals surface area (Å²) in [7, 11) is 0. The van der Waals surface area contributed by atoms with E-state index in [0.29, 0.717) is 0 Å². The molecule has 0 fully saturated rings. The summed E-state index contributed by atoms with van der Waals surface area (Å²) in [6.07, 6.45) is 1.40. The van der Waals surface area contributed by atoms with Crippen molar-refractivity contribution in [2.45, 2.75) is 0 Å². The molecule has 0 saturated carbocycles. The van der Waals surface area contributed by atoms with Gasteiger partial charge in [0.15, 0.2) is 0 Å². The summed E-state index contributed by atoms with van der Waals surface area (Å²) in [5.74, 6) is 0. The maximum Gasteiger partial charge on any atom is 0.136 e. The lowest BCUT2D eigenvalue weighted by atomic mass is 9.91. The maximum atomic E-state index is 7.84. The van der Waals surface area contributed by atoms with Gasteiger partial charge >= 0.3 is 0 Å². The number of benzene rings is 6. The molecule has 7 rings (SSSR count). The molecule has 0 bridgehead atoms. The molecule has 7 aromatic rings. The minimum atomic E-state index is 0.814. The molecular formula is C33H21NO. The van der Waals surface area contributed by atoms with Gasteiger partial charge in [-0.15, -0.1) is 0 Å². The number of hydrogen-bond donors (Lipinski definition) is 1. The van der Waals surface area contributed by atoms with Crippen LogP contribution >= 0.6 is 0 Å². The normalized spacial score (nSPS) is 11.5. The van der Waals surface area contributed by atoms with Crippen LogP contribution in [0.1, 0.15) is 5.56 Å². The highest BCUT2D eigenvalue weighted by Gasteiger charge is 2.13. The van der Waals surface area contributed by atoms with E-state index in [4.69, 9.17) is 9.83 Å². The Labute approximate surface area is 202 Å². The summed E-state index contributed by atoms with van der Waals surface area (Å²) in [6, 6.07) is 40.5. The van der Waals surface area contributed by atoms with Gasteiger partial charge in [0.25, 0.3) is 0 Å². The molecule has 0 radical (unpaired) electrons. The SMILES string of the molecule is N=Cc1cccc2oc3ccc(-c4cccc(-c5cc6ccccc6c6ccccc56)c4)cc3c12. The smallest absolute Gasteiger partial charge is 0.136 e. The van der Waals surface area contributed by atoms with Gasteiger partial charge in [0.1, 0.15) is 11.2 Å². The van der Waals surface area contributed by atoms with Crippen LogP contribution < -0.4 is 0 Å². The fraction of sp³-hybridized carbons (Fsp3) is 0. The van der Waals surface area contributed by atoms with Crippen molar-refractivity contribution in [1.82, 2.24) is 0 Å². The zero-order valence-corrected chi connectivity index (χ0v) is 19.0. The minimum Gasteiger partial charge on any atom is -0.456 e. The number of rotatable bonds is 3. The number of fused-ring (bicyclic) bond motifs is 6. The lowest BCUT2D eigenvalue weighted by molar-refractivity contribution is 0.669. The van der Waals surface area contributed by atoms with Crippen LogP contribution in [0.4, 0.5) is 0 Å². The summed E-state index contributed by atoms with van der Waals surface area (Å²) < 4.78 is 6.06. The highest BCUT2D eigenvalue weighted by Crippen LogP contribution is 2.38. The first kappa shape index (κ1) is 19.7. The Morgan fingerprint density at radius 3 is 2.14 bits per heavy atom. The first-order chi connectivity index (χ1) is 17.3. The third kappa shape index (κ3) is 3.08. The molecule has 0 aliphatic heterocycles. The Kier molecular flexibility index (Phi) is 4.33. The van der Waals surface area contributed by atoms with Crippen molar-refractivity contribution >= 4 is 49.7 Å². The predicted octanol–water partition coefficient (Wildman–Crippen LogP) is 9.22. The Bertz CT molecular complexity index is 1930. The summed E-state index contributed by atoms with van der Waals surface area (Å²) in [6.45, 7) is 0. The average molecular weight is 448 g/mol. The van der Waals surface area contributed by atoms with Crippen LogP contribution in [0, 0.1) is 5.41 Å². The highest BCUT2D eigenvalue weighted by molar-refractivity contribution is 6.15. The predicted molar refractivity (Wildman–Crippen MR) is 147 cm³/mol. The molecule has 1 aromatic heterocycles. The fourth-order valence-electron chi connectivity index (χ4n) is 5.31. The Balaban J connectivity index is 1.44. The fourth-order valence-corrected chi connectivity index (χ4v) is 5.31. The summed E-state index contributed by atoms with van der Waals surface area (Å²) >= 11 is 0. The van der Waals surface area contributed by atoms with Crippen molar-refractivity contribution in [2.75, 3.05) is 0 Å². The lowest BCUT2D eigenvalue weighted by Gasteiger charge is -2.12. The van der Waals surface area contributed by atoms with Crippen molar-refractivity contribution in [3.63, 3.8) is 0 Å². The molecule has 1 N–H and O–H groups in total. The van der Waals surface area contributed by atoms with Gasteiger partial charge in [-0.25, -0.2) is 0 Å². The van der Waals surface area contributed by atoms with Crippen LogP contribution in [-0.2, 0) is 0 Å². The third-order valence-corrected chi connectivity index (χ3v) is 6.96. The second kappa shape index (κ2) is 7.68. The van der Waals surface area contributed by atoms with Gasteiger partial charge in [0, 0.05) is 22.6 Å². The number of hydrogen-bond acceptors (Lipinski definition) is 2. The van der Waals surface area contributed by atoms with Crippen LogP contribution in [0.5, 0.6) is 0 Å². The van der Waals surface area contributed by atoms with E-state index in [1.807, 2.05) is 24.3 Å². The summed E-state index contributed by atoms with van der Waals surface area (Å²) in [5, 5.41) is 14.9. The maximum absolute atomic E-state index is 7.84. The molecule has 0 aliphatic rings. The van der Waals surface area contributed by atoms with Crippen LogP contribution in [0.3, 0.4) is 0 Å². The molecule has 0 atom stereocenters. The second-order valence-corrected chi connectivity index (χ2v) is 8.95. The van der Waals surface area contributed by atoms with Crippen molar-refractivity contribution in [3.8, 4) is 22.3 Å². The van der Waals surface area contributed by atoms with E-state index in [0.717, 1.165) is 38.6 Å². The monoisotopic (exact) mass is 447 g/mol. The van der Waals surface area contributed by atoms with E-state index in [1.54, 1.807) is 0 Å². The lowest BCUT2D eigenvalue weighted by Crippen LogP contribution is -1.86. The van der Waals surface area contributed by atoms with Crippen molar-refractivity contribution in [2.24, 2.45) is 0 Å². The van der Waals surface area contributed by atoms with Crippen molar-refractivity contribution in [3.05, 3.63) is 121 Å². The standard InChI is InChI=1S/C33H21NO/c34-20-25-10-6-14-32-33(25)30-18-22(15-16-31(30)35-32)21-8-5-9-23(17-21)29-19-24-7-1-2-11-26(24)27-12-3-4-13-28(27)29/h1-20,34H. The van der Waals surface area contributed by atoms with Crippen molar-refractivity contribution in [1.29, 1.82) is 5.41 Å². The highest BCUT2D eigenvalue weighted by atomic mass is 16.3. The van der Waals surface area contributed by atoms with Gasteiger partial charge < -0.3 is 9.83 Å². The molecule has 0 unspecified atom stereocenters. The van der Waals surface area contributed by atoms with Crippen molar-refractivity contribution < 1.29 is 4.42 Å². The molecule has 0 aliphatic carbocycles. The molecule has 35 heavy (non-hydrogen) atoms. The van der Waals surface area contributed by atoms with Gasteiger partial charge in [0.2, 0.25) is 0 Å². The third-order valence-electron chi connectivity index (χ3n) is 6.96. The van der Waals surface area contributed by atoms with E-state index in [2.05, 4.69) is 91.0 Å². The molecule has 2 heteroatoms. The molecule has 0 spiro atoms. The molecule has 6 aromatic carbocycles. The molecule has 0 amide bonds. The van der Waals surface area contributed by atoms with Crippen LogP contribution in [0.2, 0.25) is 0 Å². The number of furan rings is 1. The van der Waals surface area contributed by atoms with Gasteiger partial charge in [-0.3, -0.25) is 0 Å². The molecule has 164 valence electrons. The van der Waals surface area contributed by atoms with Gasteiger partial charge in [-0.05, 0) is 74.1 Å². The van der Waals surface area contributed by atoms with Gasteiger partial charge in [0.05, 0.1) is 0 Å². The first-order valence-corrected chi connectivity index (χ1v) is 11.8. The Morgan fingerprint density at radius 1 is 0.514 bits per heavy atom. The summed E-state index contributed by atoms with van der Waals surface area (Å²) in [5.41, 5.74) is 7.25. The largest absolute Gasteiger partial charge is 0.456 e. The molecular weight excluding hydrogens is 426 g/mol. The summed E-state index contributed by atoms with van der Waals surface area (Å²) in [4.78, 5) is 0. The average Bonchev–Trinajstić information content (AvgIpc) is 3.31. The van der Waals surface area contributed by atoms with Crippen LogP contribution in [0.15, 0.2) is 120 Å². The zero-order valence-electron chi connectivity index (χ0n) is 19.0. The second-order valence-electron chi connectivity index (χ2n) is 8.95. The topological polar surface area (TPSA) is 37.0 Å². The molecule has 2 nitrogen and oxygen atoms in total. The van der Waals surface area contributed by atoms with Crippen LogP contribution in [-0.4, -0.2) is 6.21 Å². The van der Waals surface area contributed by atoms with Gasteiger partial charge in [-0.2, -0.15) is 0 Å². The number of nitrogens with one attached hydrogen (secondary N) is 1. The quantitative estimate of drug-likeness (QED) is 0.213. The van der Waals surface area contributed by atoms with Gasteiger partial charge in [-0.1, -0.05) is 84.9 Å². The first-order valence-electron chi connectivity index (χ1n) is 11.8. The molecule has 1 heterocycles. The van der Waals surface area contributed by atoms with E-state index in [-0.39, 0.29) is 0 Å². The van der Waals surface area contributed by atoms with E-state index in [1.165, 1.54) is 38.9 Å². The van der Waals surface area contributed by atoms with Crippen LogP contribution in [0.25, 0.3) is 65.7 Å². The Hall–Kier alpha value is -4.69. The van der Waals surface area contributed by atoms with E-state index >= 15 is 0 Å². The van der Waals surface area contributed by atoms with E-state index < -0.39 is 0 Å². The molecule has 0 saturated heterocycles. The Morgan fingerprint density at radius 2 is 1.26 bits per heavy atom. The minimum absolute atomic E-state index is 0.814.